The van der Waals surface area contributed by atoms with Gasteiger partial charge in [-0.15, -0.1) is 0 Å². The third kappa shape index (κ3) is 2.91. The van der Waals surface area contributed by atoms with Crippen LogP contribution >= 0.6 is 0 Å². The highest BCUT2D eigenvalue weighted by Gasteiger charge is 2.39. The van der Waals surface area contributed by atoms with Gasteiger partial charge in [0.25, 0.3) is 0 Å². The molecule has 3 nitrogen and oxygen atoms in total. The van der Waals surface area contributed by atoms with Crippen molar-refractivity contribution in [2.75, 3.05) is 12.3 Å². The highest BCUT2D eigenvalue weighted by Crippen LogP contribution is 2.48. The van der Waals surface area contributed by atoms with Crippen molar-refractivity contribution in [1.82, 2.24) is 0 Å². The fraction of sp³-hybridized carbons (Fsp3) is 0.562. The van der Waals surface area contributed by atoms with Gasteiger partial charge in [-0.3, -0.25) is 4.79 Å². The molecule has 0 aliphatic heterocycles. The Balaban J connectivity index is 1.47. The number of benzene rings is 1. The Kier molecular flexibility index (Phi) is 3.45. The molecule has 2 fully saturated rings. The minimum Gasteiger partial charge on any atom is -0.465 e. The summed E-state index contributed by atoms with van der Waals surface area (Å²) in [7, 11) is 0. The number of rotatable bonds is 4. The van der Waals surface area contributed by atoms with Crippen LogP contribution in [0, 0.1) is 17.8 Å². The van der Waals surface area contributed by atoms with Crippen molar-refractivity contribution in [3.63, 3.8) is 0 Å². The number of nitrogen functional groups attached to an aromatic ring is 1. The van der Waals surface area contributed by atoms with Crippen molar-refractivity contribution < 1.29 is 9.53 Å². The average molecular weight is 259 g/mol. The lowest BCUT2D eigenvalue weighted by atomic mass is 9.89. The van der Waals surface area contributed by atoms with Crippen molar-refractivity contribution in [3.8, 4) is 0 Å². The number of anilines is 1. The summed E-state index contributed by atoms with van der Waals surface area (Å²) in [6, 6.07) is 7.44. The van der Waals surface area contributed by atoms with Gasteiger partial charge < -0.3 is 10.5 Å². The van der Waals surface area contributed by atoms with Crippen LogP contribution < -0.4 is 5.73 Å². The van der Waals surface area contributed by atoms with Crippen molar-refractivity contribution in [2.24, 2.45) is 17.8 Å². The summed E-state index contributed by atoms with van der Waals surface area (Å²) in [5.41, 5.74) is 7.32. The van der Waals surface area contributed by atoms with E-state index in [9.17, 15) is 4.79 Å². The summed E-state index contributed by atoms with van der Waals surface area (Å²) < 4.78 is 5.44. The Morgan fingerprint density at radius 2 is 2.21 bits per heavy atom. The summed E-state index contributed by atoms with van der Waals surface area (Å²) in [4.78, 5) is 11.8. The SMILES string of the molecule is Nc1cccc(CC(=O)OCC2CC3CCC2C3)c1. The molecule has 0 heterocycles. The van der Waals surface area contributed by atoms with Gasteiger partial charge in [-0.2, -0.15) is 0 Å². The predicted octanol–water partition coefficient (Wildman–Crippen LogP) is 2.79. The molecule has 102 valence electrons. The highest BCUT2D eigenvalue weighted by atomic mass is 16.5. The summed E-state index contributed by atoms with van der Waals surface area (Å²) in [6.45, 7) is 0.613. The maximum Gasteiger partial charge on any atom is 0.310 e. The van der Waals surface area contributed by atoms with Gasteiger partial charge in [-0.1, -0.05) is 18.6 Å². The van der Waals surface area contributed by atoms with Gasteiger partial charge in [0.1, 0.15) is 0 Å². The molecule has 3 rings (SSSR count). The van der Waals surface area contributed by atoms with Gasteiger partial charge in [0.05, 0.1) is 13.0 Å². The zero-order chi connectivity index (χ0) is 13.2. The molecular weight excluding hydrogens is 238 g/mol. The first kappa shape index (κ1) is 12.5. The average Bonchev–Trinajstić information content (AvgIpc) is 2.98. The van der Waals surface area contributed by atoms with Gasteiger partial charge in [-0.25, -0.2) is 0 Å². The fourth-order valence-corrected chi connectivity index (χ4v) is 3.70. The Hall–Kier alpha value is -1.51. The molecule has 3 unspecified atom stereocenters. The zero-order valence-corrected chi connectivity index (χ0v) is 11.2. The van der Waals surface area contributed by atoms with Crippen molar-refractivity contribution in [3.05, 3.63) is 29.8 Å². The van der Waals surface area contributed by atoms with E-state index in [-0.39, 0.29) is 5.97 Å². The van der Waals surface area contributed by atoms with E-state index in [1.54, 1.807) is 0 Å². The molecule has 3 atom stereocenters. The first-order valence-electron chi connectivity index (χ1n) is 7.21. The number of hydrogen-bond donors (Lipinski definition) is 1. The second-order valence-electron chi connectivity index (χ2n) is 6.04. The molecule has 2 saturated carbocycles. The molecule has 0 amide bonds. The number of carbonyl (C=O) groups excluding carboxylic acids is 1. The largest absolute Gasteiger partial charge is 0.465 e. The molecule has 0 spiro atoms. The molecule has 0 aromatic heterocycles. The number of esters is 1. The molecule has 1 aromatic carbocycles. The minimum absolute atomic E-state index is 0.131. The lowest BCUT2D eigenvalue weighted by Crippen LogP contribution is -2.20. The van der Waals surface area contributed by atoms with E-state index in [1.807, 2.05) is 24.3 Å². The second kappa shape index (κ2) is 5.24. The summed E-state index contributed by atoms with van der Waals surface area (Å²) in [6.07, 6.45) is 5.67. The smallest absolute Gasteiger partial charge is 0.310 e. The lowest BCUT2D eigenvalue weighted by Gasteiger charge is -2.21. The Bertz CT molecular complexity index is 472. The topological polar surface area (TPSA) is 52.3 Å². The van der Waals surface area contributed by atoms with Gasteiger partial charge in [0.15, 0.2) is 0 Å². The van der Waals surface area contributed by atoms with E-state index in [1.165, 1.54) is 25.7 Å². The molecule has 2 aliphatic rings. The van der Waals surface area contributed by atoms with Crippen LogP contribution in [0.5, 0.6) is 0 Å². The van der Waals surface area contributed by atoms with E-state index < -0.39 is 0 Å². The highest BCUT2D eigenvalue weighted by molar-refractivity contribution is 5.73. The Labute approximate surface area is 114 Å². The third-order valence-electron chi connectivity index (χ3n) is 4.64. The van der Waals surface area contributed by atoms with E-state index in [4.69, 9.17) is 10.5 Å². The Morgan fingerprint density at radius 3 is 2.89 bits per heavy atom. The summed E-state index contributed by atoms with van der Waals surface area (Å²) in [5, 5.41) is 0. The normalized spacial score (nSPS) is 28.5. The van der Waals surface area contributed by atoms with E-state index in [0.717, 1.165) is 17.4 Å². The van der Waals surface area contributed by atoms with Crippen molar-refractivity contribution in [1.29, 1.82) is 0 Å². The maximum absolute atomic E-state index is 11.8. The monoisotopic (exact) mass is 259 g/mol. The van der Waals surface area contributed by atoms with E-state index in [0.29, 0.717) is 24.6 Å². The van der Waals surface area contributed by atoms with Crippen LogP contribution in [-0.2, 0) is 16.0 Å². The number of fused-ring (bicyclic) bond motifs is 2. The number of carbonyl (C=O) groups is 1. The molecule has 1 aromatic rings. The van der Waals surface area contributed by atoms with Crippen LogP contribution in [0.4, 0.5) is 5.69 Å². The van der Waals surface area contributed by atoms with Crippen LogP contribution in [0.3, 0.4) is 0 Å². The second-order valence-corrected chi connectivity index (χ2v) is 6.04. The van der Waals surface area contributed by atoms with Crippen molar-refractivity contribution >= 4 is 11.7 Å². The molecule has 2 aliphatic carbocycles. The molecule has 3 heteroatoms. The van der Waals surface area contributed by atoms with Crippen LogP contribution in [0.25, 0.3) is 0 Å². The van der Waals surface area contributed by atoms with Gasteiger partial charge in [-0.05, 0) is 54.7 Å². The number of hydrogen-bond acceptors (Lipinski definition) is 3. The van der Waals surface area contributed by atoms with Gasteiger partial charge in [0.2, 0.25) is 0 Å². The Morgan fingerprint density at radius 1 is 1.32 bits per heavy atom. The molecule has 0 saturated heterocycles. The van der Waals surface area contributed by atoms with Crippen LogP contribution in [0.1, 0.15) is 31.2 Å². The minimum atomic E-state index is -0.131. The van der Waals surface area contributed by atoms with E-state index >= 15 is 0 Å². The summed E-state index contributed by atoms with van der Waals surface area (Å²) in [5.74, 6) is 2.20. The van der Waals surface area contributed by atoms with Crippen LogP contribution in [-0.4, -0.2) is 12.6 Å². The molecule has 19 heavy (non-hydrogen) atoms. The lowest BCUT2D eigenvalue weighted by molar-refractivity contribution is -0.144. The quantitative estimate of drug-likeness (QED) is 0.668. The third-order valence-corrected chi connectivity index (χ3v) is 4.64. The molecule has 2 bridgehead atoms. The van der Waals surface area contributed by atoms with Crippen LogP contribution in [0.2, 0.25) is 0 Å². The van der Waals surface area contributed by atoms with E-state index in [2.05, 4.69) is 0 Å². The summed E-state index contributed by atoms with van der Waals surface area (Å²) >= 11 is 0. The maximum atomic E-state index is 11.8. The zero-order valence-electron chi connectivity index (χ0n) is 11.2. The fourth-order valence-electron chi connectivity index (χ4n) is 3.70. The number of nitrogens with two attached hydrogens (primary N) is 1. The molecule has 2 N–H and O–H groups in total. The molecule has 0 radical (unpaired) electrons. The van der Waals surface area contributed by atoms with Gasteiger partial charge in [0, 0.05) is 5.69 Å². The van der Waals surface area contributed by atoms with Crippen molar-refractivity contribution in [2.45, 2.75) is 32.1 Å². The first-order valence-corrected chi connectivity index (χ1v) is 7.21. The van der Waals surface area contributed by atoms with Gasteiger partial charge >= 0.3 is 5.97 Å². The molecular formula is C16H21NO2. The predicted molar refractivity (Wildman–Crippen MR) is 74.5 cm³/mol. The van der Waals surface area contributed by atoms with Crippen LogP contribution in [0.15, 0.2) is 24.3 Å². The number of ether oxygens (including phenoxy) is 1. The standard InChI is InChI=1S/C16H21NO2/c17-15-3-1-2-11(8-15)9-16(18)19-10-14-7-12-4-5-13(14)6-12/h1-3,8,12-14H,4-7,9-10,17H2. The first-order chi connectivity index (χ1) is 9.20.